The first-order valence-corrected chi connectivity index (χ1v) is 13.2. The van der Waals surface area contributed by atoms with E-state index in [4.69, 9.17) is 11.6 Å². The van der Waals surface area contributed by atoms with Crippen molar-refractivity contribution in [2.75, 3.05) is 18.0 Å². The average Bonchev–Trinajstić information content (AvgIpc) is 3.11. The Morgan fingerprint density at radius 2 is 2.09 bits per heavy atom. The number of imidazole rings is 1. The van der Waals surface area contributed by atoms with E-state index in [9.17, 15) is 8.78 Å². The molecule has 0 amide bonds. The van der Waals surface area contributed by atoms with Gasteiger partial charge in [0, 0.05) is 41.8 Å². The van der Waals surface area contributed by atoms with Gasteiger partial charge in [-0.2, -0.15) is 0 Å². The van der Waals surface area contributed by atoms with Crippen molar-refractivity contribution in [2.45, 2.75) is 68.0 Å². The van der Waals surface area contributed by atoms with Crippen LogP contribution in [-0.2, 0) is 0 Å². The first kappa shape index (κ1) is 22.0. The second kappa shape index (κ2) is 8.30. The summed E-state index contributed by atoms with van der Waals surface area (Å²) in [5.41, 5.74) is 1.95. The Morgan fingerprint density at radius 1 is 1.27 bits per heavy atom. The van der Waals surface area contributed by atoms with Crippen molar-refractivity contribution >= 4 is 46.1 Å². The number of rotatable bonds is 6. The van der Waals surface area contributed by atoms with Gasteiger partial charge in [0.25, 0.3) is 6.43 Å². The van der Waals surface area contributed by atoms with Crippen LogP contribution < -0.4 is 14.9 Å². The fraction of sp³-hybridized carbons (Fsp3) is 0.571. The molecule has 1 saturated carbocycles. The summed E-state index contributed by atoms with van der Waals surface area (Å²) in [5.74, 6) is 0.440. The van der Waals surface area contributed by atoms with Crippen molar-refractivity contribution in [1.82, 2.24) is 29.6 Å². The van der Waals surface area contributed by atoms with E-state index in [2.05, 4.69) is 43.1 Å². The predicted molar refractivity (Wildman–Crippen MR) is 127 cm³/mol. The molecule has 3 fully saturated rings. The van der Waals surface area contributed by atoms with Gasteiger partial charge >= 0.3 is 0 Å². The highest BCUT2D eigenvalue weighted by molar-refractivity contribution is 7.97. The number of hydrogen-bond acceptors (Lipinski definition) is 8. The van der Waals surface area contributed by atoms with Gasteiger partial charge in [-0.05, 0) is 57.0 Å². The molecule has 3 aliphatic rings. The van der Waals surface area contributed by atoms with Crippen molar-refractivity contribution in [3.63, 3.8) is 0 Å². The standard InChI is InChI=1S/C21H24ClF2N7S2/c1-21(5-6-21)29-33-13-8-14(30-7-4-11-2-3-12(9-30)25-11)15-16(22)26-18(31(15)10-13)20-28-27-19(32-20)17(23)24/h8,10-12,17,25,29H,2-7,9H2,1H3. The van der Waals surface area contributed by atoms with Gasteiger partial charge in [0.2, 0.25) is 0 Å². The van der Waals surface area contributed by atoms with Crippen LogP contribution in [-0.4, -0.2) is 50.3 Å². The van der Waals surface area contributed by atoms with Crippen LogP contribution in [0.3, 0.4) is 0 Å². The zero-order chi connectivity index (χ0) is 22.7. The number of hydrogen-bond donors (Lipinski definition) is 2. The molecular weight excluding hydrogens is 488 g/mol. The van der Waals surface area contributed by atoms with Crippen LogP contribution >= 0.6 is 34.9 Å². The number of pyridine rings is 1. The Bertz CT molecular complexity index is 1190. The molecule has 2 saturated heterocycles. The van der Waals surface area contributed by atoms with Gasteiger partial charge < -0.3 is 10.2 Å². The zero-order valence-electron chi connectivity index (χ0n) is 18.0. The number of fused-ring (bicyclic) bond motifs is 3. The van der Waals surface area contributed by atoms with E-state index >= 15 is 0 Å². The first-order valence-electron chi connectivity index (χ1n) is 11.2. The Hall–Kier alpha value is -1.53. The molecule has 33 heavy (non-hydrogen) atoms. The van der Waals surface area contributed by atoms with E-state index in [1.54, 1.807) is 11.9 Å². The van der Waals surface area contributed by atoms with Crippen molar-refractivity contribution < 1.29 is 8.78 Å². The molecule has 1 aliphatic carbocycles. The molecule has 3 aromatic heterocycles. The quantitative estimate of drug-likeness (QED) is 0.455. The van der Waals surface area contributed by atoms with Crippen LogP contribution in [0.4, 0.5) is 14.5 Å². The summed E-state index contributed by atoms with van der Waals surface area (Å²) in [6.07, 6.45) is 5.07. The molecule has 2 aliphatic heterocycles. The SMILES string of the molecule is CC1(NSc2cc(N3CCC4CCC(C3)N4)c3c(Cl)nc(-c4nnc(C(F)F)s4)n3c2)CC1. The van der Waals surface area contributed by atoms with Gasteiger partial charge in [-0.1, -0.05) is 22.9 Å². The van der Waals surface area contributed by atoms with Crippen molar-refractivity contribution in [3.8, 4) is 10.8 Å². The summed E-state index contributed by atoms with van der Waals surface area (Å²) < 4.78 is 31.7. The summed E-state index contributed by atoms with van der Waals surface area (Å²) in [6, 6.07) is 3.19. The number of halogens is 3. The van der Waals surface area contributed by atoms with Crippen LogP contribution in [0.5, 0.6) is 0 Å². The topological polar surface area (TPSA) is 70.4 Å². The fourth-order valence-corrected chi connectivity index (χ4v) is 6.47. The third kappa shape index (κ3) is 4.22. The molecule has 0 radical (unpaired) electrons. The Kier molecular flexibility index (Phi) is 5.52. The summed E-state index contributed by atoms with van der Waals surface area (Å²) in [6.45, 7) is 4.04. The van der Waals surface area contributed by atoms with Gasteiger partial charge in [-0.15, -0.1) is 10.2 Å². The van der Waals surface area contributed by atoms with E-state index in [-0.39, 0.29) is 10.5 Å². The first-order chi connectivity index (χ1) is 15.9. The van der Waals surface area contributed by atoms with Crippen LogP contribution in [0.15, 0.2) is 17.2 Å². The number of alkyl halides is 2. The van der Waals surface area contributed by atoms with E-state index in [1.807, 2.05) is 10.6 Å². The number of aromatic nitrogens is 4. The highest BCUT2D eigenvalue weighted by atomic mass is 35.5. The van der Waals surface area contributed by atoms with E-state index in [0.29, 0.717) is 28.1 Å². The third-order valence-corrected chi connectivity index (χ3v) is 8.99. The molecule has 3 aromatic rings. The Labute approximate surface area is 203 Å². The average molecular weight is 512 g/mol. The smallest absolute Gasteiger partial charge is 0.291 e. The van der Waals surface area contributed by atoms with E-state index in [0.717, 1.165) is 59.8 Å². The largest absolute Gasteiger partial charge is 0.368 e. The lowest BCUT2D eigenvalue weighted by atomic mass is 10.1. The van der Waals surface area contributed by atoms with Crippen molar-refractivity contribution in [1.29, 1.82) is 0 Å². The molecular formula is C21H24ClF2N7S2. The maximum Gasteiger partial charge on any atom is 0.291 e. The Balaban J connectivity index is 1.45. The lowest BCUT2D eigenvalue weighted by Crippen LogP contribution is -2.35. The zero-order valence-corrected chi connectivity index (χ0v) is 20.4. The number of nitrogens with zero attached hydrogens (tertiary/aromatic N) is 5. The van der Waals surface area contributed by atoms with Crippen molar-refractivity contribution in [3.05, 3.63) is 22.4 Å². The molecule has 176 valence electrons. The van der Waals surface area contributed by atoms with Gasteiger partial charge in [0.05, 0.1) is 5.69 Å². The van der Waals surface area contributed by atoms with Crippen LogP contribution in [0, 0.1) is 0 Å². The van der Waals surface area contributed by atoms with Crippen LogP contribution in [0.2, 0.25) is 5.15 Å². The maximum atomic E-state index is 13.1. The second-order valence-electron chi connectivity index (χ2n) is 9.39. The number of nitrogens with one attached hydrogen (secondary N) is 2. The summed E-state index contributed by atoms with van der Waals surface area (Å²) in [7, 11) is 0. The lowest BCUT2D eigenvalue weighted by molar-refractivity contribution is 0.150. The lowest BCUT2D eigenvalue weighted by Gasteiger charge is -2.28. The van der Waals surface area contributed by atoms with Crippen LogP contribution in [0.25, 0.3) is 16.3 Å². The molecule has 0 aromatic carbocycles. The normalized spacial score (nSPS) is 24.1. The molecule has 2 bridgehead atoms. The molecule has 2 atom stereocenters. The molecule has 5 heterocycles. The third-order valence-electron chi connectivity index (χ3n) is 6.74. The van der Waals surface area contributed by atoms with Crippen LogP contribution in [0.1, 0.15) is 50.5 Å². The minimum absolute atomic E-state index is 0.159. The van der Waals surface area contributed by atoms with Gasteiger partial charge in [-0.25, -0.2) is 13.8 Å². The highest BCUT2D eigenvalue weighted by Gasteiger charge is 2.37. The number of anilines is 1. The summed E-state index contributed by atoms with van der Waals surface area (Å²) >= 11 is 9.10. The second-order valence-corrected chi connectivity index (χ2v) is 11.6. The van der Waals surface area contributed by atoms with E-state index < -0.39 is 6.43 Å². The molecule has 2 unspecified atom stereocenters. The monoisotopic (exact) mass is 511 g/mol. The molecule has 6 rings (SSSR count). The van der Waals surface area contributed by atoms with Crippen molar-refractivity contribution in [2.24, 2.45) is 0 Å². The van der Waals surface area contributed by atoms with E-state index in [1.165, 1.54) is 12.8 Å². The molecule has 7 nitrogen and oxygen atoms in total. The minimum atomic E-state index is -2.66. The maximum absolute atomic E-state index is 13.1. The Morgan fingerprint density at radius 3 is 2.85 bits per heavy atom. The molecule has 2 N–H and O–H groups in total. The molecule has 0 spiro atoms. The minimum Gasteiger partial charge on any atom is -0.368 e. The van der Waals surface area contributed by atoms with Gasteiger partial charge in [-0.3, -0.25) is 9.12 Å². The molecule has 12 heteroatoms. The highest BCUT2D eigenvalue weighted by Crippen LogP contribution is 2.41. The summed E-state index contributed by atoms with van der Waals surface area (Å²) in [5, 5.41) is 11.7. The van der Waals surface area contributed by atoms with Gasteiger partial charge in [0.1, 0.15) is 5.52 Å². The predicted octanol–water partition coefficient (Wildman–Crippen LogP) is 4.92. The summed E-state index contributed by atoms with van der Waals surface area (Å²) in [4.78, 5) is 7.94. The fourth-order valence-electron chi connectivity index (χ4n) is 4.62. The van der Waals surface area contributed by atoms with Gasteiger partial charge in [0.15, 0.2) is 21.0 Å².